The second-order valence-electron chi connectivity index (χ2n) is 7.39. The molecular formula is C21H24ClN5O4. The molecular weight excluding hydrogens is 422 g/mol. The summed E-state index contributed by atoms with van der Waals surface area (Å²) in [6.45, 7) is 2.59. The fraction of sp³-hybridized carbons (Fsp3) is 0.429. The van der Waals surface area contributed by atoms with E-state index < -0.39 is 18.1 Å². The maximum atomic E-state index is 12.8. The number of esters is 1. The van der Waals surface area contributed by atoms with Crippen LogP contribution >= 0.6 is 11.6 Å². The molecule has 3 heterocycles. The number of amides is 1. The van der Waals surface area contributed by atoms with Crippen molar-refractivity contribution >= 4 is 29.5 Å². The van der Waals surface area contributed by atoms with Crippen molar-refractivity contribution in [3.63, 3.8) is 0 Å². The normalized spacial score (nSPS) is 18.3. The average Bonchev–Trinajstić information content (AvgIpc) is 2.81. The number of piperazine rings is 1. The van der Waals surface area contributed by atoms with Crippen molar-refractivity contribution in [2.24, 2.45) is 0 Å². The average molecular weight is 446 g/mol. The Kier molecular flexibility index (Phi) is 6.53. The van der Waals surface area contributed by atoms with Gasteiger partial charge >= 0.3 is 12.1 Å². The molecule has 2 aromatic rings. The van der Waals surface area contributed by atoms with Gasteiger partial charge in [0.15, 0.2) is 6.04 Å². The highest BCUT2D eigenvalue weighted by molar-refractivity contribution is 6.28. The standard InChI is InChI=1S/C21H24ClN5O4/c1-30-19(28)17-12-26(18-15-7-8-23-11-16(15)24-20(22)25-18)9-10-27(17)21(29)31-13-14-5-3-2-4-6-14/h2-6,17,23H,7-13H2,1H3. The fourth-order valence-electron chi connectivity index (χ4n) is 3.91. The molecule has 9 nitrogen and oxygen atoms in total. The summed E-state index contributed by atoms with van der Waals surface area (Å²) in [7, 11) is 1.31. The first kappa shape index (κ1) is 21.3. The van der Waals surface area contributed by atoms with Gasteiger partial charge < -0.3 is 19.7 Å². The van der Waals surface area contributed by atoms with Crippen LogP contribution in [0.25, 0.3) is 0 Å². The zero-order chi connectivity index (χ0) is 21.8. The number of fused-ring (bicyclic) bond motifs is 1. The predicted octanol–water partition coefficient (Wildman–Crippen LogP) is 1.78. The van der Waals surface area contributed by atoms with Crippen LogP contribution in [0, 0.1) is 0 Å². The van der Waals surface area contributed by atoms with Crippen LogP contribution in [0.3, 0.4) is 0 Å². The van der Waals surface area contributed by atoms with Crippen molar-refractivity contribution in [3.05, 3.63) is 52.4 Å². The zero-order valence-corrected chi connectivity index (χ0v) is 18.0. The van der Waals surface area contributed by atoms with E-state index in [2.05, 4.69) is 15.3 Å². The van der Waals surface area contributed by atoms with Gasteiger partial charge in [0.2, 0.25) is 5.28 Å². The number of halogens is 1. The van der Waals surface area contributed by atoms with E-state index in [-0.39, 0.29) is 18.4 Å². The van der Waals surface area contributed by atoms with E-state index in [0.717, 1.165) is 29.8 Å². The lowest BCUT2D eigenvalue weighted by molar-refractivity contribution is -0.146. The van der Waals surface area contributed by atoms with E-state index in [0.29, 0.717) is 25.5 Å². The number of nitrogens with zero attached hydrogens (tertiary/aromatic N) is 4. The molecule has 1 saturated heterocycles. The summed E-state index contributed by atoms with van der Waals surface area (Å²) in [6.07, 6.45) is 0.218. The minimum atomic E-state index is -0.812. The van der Waals surface area contributed by atoms with Crippen LogP contribution < -0.4 is 10.2 Å². The topological polar surface area (TPSA) is 96.9 Å². The summed E-state index contributed by atoms with van der Waals surface area (Å²) < 4.78 is 10.4. The minimum absolute atomic E-state index is 0.135. The van der Waals surface area contributed by atoms with E-state index in [1.165, 1.54) is 12.0 Å². The second-order valence-corrected chi connectivity index (χ2v) is 7.72. The molecule has 4 rings (SSSR count). The van der Waals surface area contributed by atoms with Crippen LogP contribution in [0.2, 0.25) is 5.28 Å². The third-order valence-corrected chi connectivity index (χ3v) is 5.65. The van der Waals surface area contributed by atoms with Crippen LogP contribution in [0.15, 0.2) is 30.3 Å². The van der Waals surface area contributed by atoms with Gasteiger partial charge in [0.25, 0.3) is 0 Å². The molecule has 1 aromatic heterocycles. The number of anilines is 1. The van der Waals surface area contributed by atoms with Gasteiger partial charge in [0.05, 0.1) is 19.3 Å². The van der Waals surface area contributed by atoms with Gasteiger partial charge in [-0.2, -0.15) is 0 Å². The summed E-state index contributed by atoms with van der Waals surface area (Å²) in [5.41, 5.74) is 2.76. The number of carbonyl (C=O) groups is 2. The smallest absolute Gasteiger partial charge is 0.410 e. The van der Waals surface area contributed by atoms with Crippen molar-refractivity contribution < 1.29 is 19.1 Å². The highest BCUT2D eigenvalue weighted by atomic mass is 35.5. The molecule has 31 heavy (non-hydrogen) atoms. The van der Waals surface area contributed by atoms with Crippen LogP contribution in [-0.4, -0.2) is 66.3 Å². The van der Waals surface area contributed by atoms with Crippen molar-refractivity contribution in [3.8, 4) is 0 Å². The number of hydrogen-bond acceptors (Lipinski definition) is 8. The number of carbonyl (C=O) groups excluding carboxylic acids is 2. The zero-order valence-electron chi connectivity index (χ0n) is 17.2. The third-order valence-electron chi connectivity index (χ3n) is 5.48. The molecule has 10 heteroatoms. The molecule has 164 valence electrons. The van der Waals surface area contributed by atoms with Gasteiger partial charge in [-0.05, 0) is 30.1 Å². The molecule has 0 radical (unpaired) electrons. The van der Waals surface area contributed by atoms with E-state index in [4.69, 9.17) is 21.1 Å². The van der Waals surface area contributed by atoms with Gasteiger partial charge in [0.1, 0.15) is 12.4 Å². The van der Waals surface area contributed by atoms with Crippen LogP contribution in [0.5, 0.6) is 0 Å². The van der Waals surface area contributed by atoms with Crippen molar-refractivity contribution in [2.75, 3.05) is 38.2 Å². The third kappa shape index (κ3) is 4.72. The molecule has 1 aromatic carbocycles. The highest BCUT2D eigenvalue weighted by Gasteiger charge is 2.38. The van der Waals surface area contributed by atoms with Crippen molar-refractivity contribution in [1.29, 1.82) is 0 Å². The van der Waals surface area contributed by atoms with Gasteiger partial charge in [-0.1, -0.05) is 30.3 Å². The molecule has 2 aliphatic rings. The van der Waals surface area contributed by atoms with Crippen molar-refractivity contribution in [1.82, 2.24) is 20.2 Å². The van der Waals surface area contributed by atoms with E-state index in [1.54, 1.807) is 0 Å². The SMILES string of the molecule is COC(=O)C1CN(c2nc(Cl)nc3c2CCNC3)CCN1C(=O)OCc1ccccc1. The molecule has 1 fully saturated rings. The Morgan fingerprint density at radius 3 is 2.81 bits per heavy atom. The Hall–Kier alpha value is -2.91. The first-order valence-corrected chi connectivity index (χ1v) is 10.5. The highest BCUT2D eigenvalue weighted by Crippen LogP contribution is 2.28. The number of methoxy groups -OCH3 is 1. The largest absolute Gasteiger partial charge is 0.467 e. The predicted molar refractivity (Wildman–Crippen MR) is 114 cm³/mol. The van der Waals surface area contributed by atoms with E-state index in [9.17, 15) is 9.59 Å². The summed E-state index contributed by atoms with van der Waals surface area (Å²) in [6, 6.07) is 8.59. The maximum Gasteiger partial charge on any atom is 0.410 e. The Labute approximate surface area is 185 Å². The number of aromatic nitrogens is 2. The van der Waals surface area contributed by atoms with Gasteiger partial charge in [-0.3, -0.25) is 4.90 Å². The summed E-state index contributed by atoms with van der Waals surface area (Å²) in [5.74, 6) is 0.208. The maximum absolute atomic E-state index is 12.8. The fourth-order valence-corrected chi connectivity index (χ4v) is 4.09. The van der Waals surface area contributed by atoms with Gasteiger partial charge in [0, 0.05) is 25.2 Å². The quantitative estimate of drug-likeness (QED) is 0.562. The number of benzene rings is 1. The second kappa shape index (κ2) is 9.49. The Balaban J connectivity index is 1.51. The lowest BCUT2D eigenvalue weighted by Crippen LogP contribution is -2.59. The Morgan fingerprint density at radius 2 is 2.03 bits per heavy atom. The number of rotatable bonds is 4. The number of ether oxygens (including phenoxy) is 2. The lowest BCUT2D eigenvalue weighted by Gasteiger charge is -2.40. The van der Waals surface area contributed by atoms with Gasteiger partial charge in [-0.15, -0.1) is 0 Å². The molecule has 0 aliphatic carbocycles. The lowest BCUT2D eigenvalue weighted by atomic mass is 10.1. The molecule has 1 unspecified atom stereocenters. The molecule has 0 bridgehead atoms. The molecule has 2 aliphatic heterocycles. The first-order valence-electron chi connectivity index (χ1n) is 10.1. The molecule has 1 N–H and O–H groups in total. The molecule has 1 amide bonds. The van der Waals surface area contributed by atoms with E-state index in [1.807, 2.05) is 35.2 Å². The number of nitrogens with one attached hydrogen (secondary N) is 1. The monoisotopic (exact) mass is 445 g/mol. The molecule has 0 spiro atoms. The minimum Gasteiger partial charge on any atom is -0.467 e. The number of hydrogen-bond donors (Lipinski definition) is 1. The van der Waals surface area contributed by atoms with Crippen LogP contribution in [0.1, 0.15) is 16.8 Å². The van der Waals surface area contributed by atoms with E-state index >= 15 is 0 Å². The Bertz CT molecular complexity index is 958. The molecule has 0 saturated carbocycles. The summed E-state index contributed by atoms with van der Waals surface area (Å²) in [4.78, 5) is 37.4. The van der Waals surface area contributed by atoms with Crippen LogP contribution in [-0.2, 0) is 33.8 Å². The van der Waals surface area contributed by atoms with Gasteiger partial charge in [-0.25, -0.2) is 19.6 Å². The molecule has 1 atom stereocenters. The summed E-state index contributed by atoms with van der Waals surface area (Å²) in [5, 5.41) is 3.44. The van der Waals surface area contributed by atoms with Crippen molar-refractivity contribution in [2.45, 2.75) is 25.6 Å². The summed E-state index contributed by atoms with van der Waals surface area (Å²) >= 11 is 6.15. The van der Waals surface area contributed by atoms with Crippen LogP contribution in [0.4, 0.5) is 10.6 Å². The first-order chi connectivity index (χ1) is 15.1. The Morgan fingerprint density at radius 1 is 1.23 bits per heavy atom.